The zero-order valence-electron chi connectivity index (χ0n) is 20.9. The molecule has 0 bridgehead atoms. The maximum absolute atomic E-state index is 13.0. The number of anilines is 2. The lowest BCUT2D eigenvalue weighted by Crippen LogP contribution is -2.49. The number of hydrogen-bond acceptors (Lipinski definition) is 7. The lowest BCUT2D eigenvalue weighted by Gasteiger charge is -2.35. The van der Waals surface area contributed by atoms with Gasteiger partial charge in [-0.05, 0) is 61.4 Å². The van der Waals surface area contributed by atoms with Crippen LogP contribution in [0.5, 0.6) is 5.75 Å². The Labute approximate surface area is 211 Å². The molecule has 0 aromatic heterocycles. The van der Waals surface area contributed by atoms with Crippen LogP contribution in [0, 0.1) is 0 Å². The Morgan fingerprint density at radius 2 is 1.64 bits per heavy atom. The number of nitrogens with zero attached hydrogens (tertiary/aromatic N) is 3. The van der Waals surface area contributed by atoms with Crippen LogP contribution in [0.15, 0.2) is 42.5 Å². The van der Waals surface area contributed by atoms with Gasteiger partial charge in [-0.3, -0.25) is 4.79 Å². The zero-order chi connectivity index (χ0) is 25.5. The standard InChI is InChI=1S/C27H33N3O6/c1-3-5-16-35-27(33)29-14-12-28(13-15-29)21-6-8-22(9-7-21)30-18-20-17-23(10-11-24(20)26(30)32)36-19-25(31)34-4-2/h6-11,17H,3-5,12-16,18-19H2,1-2H3. The van der Waals surface area contributed by atoms with Crippen molar-refractivity contribution in [3.63, 3.8) is 0 Å². The summed E-state index contributed by atoms with van der Waals surface area (Å²) in [6, 6.07) is 13.1. The number of hydrogen-bond donors (Lipinski definition) is 0. The fourth-order valence-corrected chi connectivity index (χ4v) is 4.33. The van der Waals surface area contributed by atoms with E-state index in [1.807, 2.05) is 24.3 Å². The highest BCUT2D eigenvalue weighted by Crippen LogP contribution is 2.32. The largest absolute Gasteiger partial charge is 0.482 e. The van der Waals surface area contributed by atoms with E-state index in [0.29, 0.717) is 44.2 Å². The highest BCUT2D eigenvalue weighted by atomic mass is 16.6. The molecule has 9 heteroatoms. The van der Waals surface area contributed by atoms with Crippen molar-refractivity contribution in [2.75, 3.05) is 55.8 Å². The van der Waals surface area contributed by atoms with Crippen LogP contribution in [-0.2, 0) is 20.8 Å². The first-order valence-corrected chi connectivity index (χ1v) is 12.5. The van der Waals surface area contributed by atoms with Gasteiger partial charge >= 0.3 is 12.1 Å². The van der Waals surface area contributed by atoms with Crippen molar-refractivity contribution >= 4 is 29.3 Å². The minimum absolute atomic E-state index is 0.0649. The molecule has 1 fully saturated rings. The van der Waals surface area contributed by atoms with Crippen LogP contribution in [0.1, 0.15) is 42.6 Å². The second-order valence-corrected chi connectivity index (χ2v) is 8.76. The number of ether oxygens (including phenoxy) is 3. The molecule has 0 aliphatic carbocycles. The highest BCUT2D eigenvalue weighted by molar-refractivity contribution is 6.10. The predicted molar refractivity (Wildman–Crippen MR) is 136 cm³/mol. The number of benzene rings is 2. The third-order valence-electron chi connectivity index (χ3n) is 6.33. The molecule has 2 aromatic rings. The molecule has 0 atom stereocenters. The molecule has 2 amide bonds. The molecule has 2 aliphatic heterocycles. The second kappa shape index (κ2) is 11.8. The lowest BCUT2D eigenvalue weighted by atomic mass is 10.1. The van der Waals surface area contributed by atoms with Crippen molar-refractivity contribution in [1.82, 2.24) is 4.90 Å². The highest BCUT2D eigenvalue weighted by Gasteiger charge is 2.29. The number of unbranched alkanes of at least 4 members (excludes halogenated alkanes) is 1. The summed E-state index contributed by atoms with van der Waals surface area (Å²) in [5, 5.41) is 0. The Kier molecular flexibility index (Phi) is 8.30. The smallest absolute Gasteiger partial charge is 0.409 e. The Morgan fingerprint density at radius 3 is 2.33 bits per heavy atom. The molecule has 0 spiro atoms. The topological polar surface area (TPSA) is 88.6 Å². The van der Waals surface area contributed by atoms with Crippen LogP contribution in [0.3, 0.4) is 0 Å². The Balaban J connectivity index is 1.32. The van der Waals surface area contributed by atoms with Crippen molar-refractivity contribution < 1.29 is 28.6 Å². The number of fused-ring (bicyclic) bond motifs is 1. The molecule has 36 heavy (non-hydrogen) atoms. The molecule has 2 aliphatic rings. The fourth-order valence-electron chi connectivity index (χ4n) is 4.33. The minimum Gasteiger partial charge on any atom is -0.482 e. The van der Waals surface area contributed by atoms with Crippen molar-refractivity contribution in [2.45, 2.75) is 33.2 Å². The molecular formula is C27H33N3O6. The van der Waals surface area contributed by atoms with Gasteiger partial charge in [-0.1, -0.05) is 13.3 Å². The fraction of sp³-hybridized carbons (Fsp3) is 0.444. The summed E-state index contributed by atoms with van der Waals surface area (Å²) in [5.41, 5.74) is 3.35. The number of amides is 2. The predicted octanol–water partition coefficient (Wildman–Crippen LogP) is 3.85. The molecule has 2 aromatic carbocycles. The zero-order valence-corrected chi connectivity index (χ0v) is 20.9. The van der Waals surface area contributed by atoms with Crippen LogP contribution in [0.25, 0.3) is 0 Å². The van der Waals surface area contributed by atoms with E-state index in [1.165, 1.54) is 0 Å². The van der Waals surface area contributed by atoms with E-state index in [2.05, 4.69) is 11.8 Å². The summed E-state index contributed by atoms with van der Waals surface area (Å²) < 4.78 is 15.7. The van der Waals surface area contributed by atoms with E-state index in [4.69, 9.17) is 14.2 Å². The number of rotatable bonds is 9. The summed E-state index contributed by atoms with van der Waals surface area (Å²) >= 11 is 0. The third kappa shape index (κ3) is 5.90. The van der Waals surface area contributed by atoms with E-state index < -0.39 is 5.97 Å². The molecule has 0 saturated carbocycles. The van der Waals surface area contributed by atoms with E-state index >= 15 is 0 Å². The summed E-state index contributed by atoms with van der Waals surface area (Å²) in [4.78, 5) is 42.4. The summed E-state index contributed by atoms with van der Waals surface area (Å²) in [5.74, 6) is 0.0363. The van der Waals surface area contributed by atoms with Crippen molar-refractivity contribution in [3.8, 4) is 5.75 Å². The van der Waals surface area contributed by atoms with Crippen LogP contribution >= 0.6 is 0 Å². The Morgan fingerprint density at radius 1 is 0.917 bits per heavy atom. The maximum atomic E-state index is 13.0. The first-order valence-electron chi connectivity index (χ1n) is 12.5. The summed E-state index contributed by atoms with van der Waals surface area (Å²) in [6.45, 7) is 7.54. The average molecular weight is 496 g/mol. The molecular weight excluding hydrogens is 462 g/mol. The van der Waals surface area contributed by atoms with E-state index in [-0.39, 0.29) is 18.6 Å². The van der Waals surface area contributed by atoms with Crippen LogP contribution < -0.4 is 14.5 Å². The quantitative estimate of drug-likeness (QED) is 0.386. The van der Waals surface area contributed by atoms with Gasteiger partial charge in [0.05, 0.1) is 19.8 Å². The van der Waals surface area contributed by atoms with Crippen molar-refractivity contribution in [3.05, 3.63) is 53.6 Å². The number of carbonyl (C=O) groups is 3. The molecule has 192 valence electrons. The van der Waals surface area contributed by atoms with Crippen LogP contribution in [0.2, 0.25) is 0 Å². The van der Waals surface area contributed by atoms with E-state index in [0.717, 1.165) is 42.9 Å². The van der Waals surface area contributed by atoms with Crippen LogP contribution in [0.4, 0.5) is 16.2 Å². The molecule has 4 rings (SSSR count). The van der Waals surface area contributed by atoms with Gasteiger partial charge in [-0.25, -0.2) is 9.59 Å². The minimum atomic E-state index is -0.427. The second-order valence-electron chi connectivity index (χ2n) is 8.76. The summed E-state index contributed by atoms with van der Waals surface area (Å²) in [7, 11) is 0. The maximum Gasteiger partial charge on any atom is 0.409 e. The van der Waals surface area contributed by atoms with Gasteiger partial charge in [0.15, 0.2) is 6.61 Å². The van der Waals surface area contributed by atoms with Crippen molar-refractivity contribution in [1.29, 1.82) is 0 Å². The molecule has 2 heterocycles. The molecule has 9 nitrogen and oxygen atoms in total. The van der Waals surface area contributed by atoms with Gasteiger partial charge in [0.25, 0.3) is 5.91 Å². The number of carbonyl (C=O) groups excluding carboxylic acids is 3. The molecule has 0 N–H and O–H groups in total. The third-order valence-corrected chi connectivity index (χ3v) is 6.33. The van der Waals surface area contributed by atoms with E-state index in [1.54, 1.807) is 34.9 Å². The first kappa shape index (κ1) is 25.3. The SMILES string of the molecule is CCCCOC(=O)N1CCN(c2ccc(N3Cc4cc(OCC(=O)OCC)ccc4C3=O)cc2)CC1. The normalized spacial score (nSPS) is 15.1. The lowest BCUT2D eigenvalue weighted by molar-refractivity contribution is -0.145. The number of esters is 1. The van der Waals surface area contributed by atoms with Gasteiger partial charge in [0.2, 0.25) is 0 Å². The Hall–Kier alpha value is -3.75. The average Bonchev–Trinajstić information content (AvgIpc) is 3.23. The van der Waals surface area contributed by atoms with Crippen LogP contribution in [-0.4, -0.2) is 68.9 Å². The number of piperazine rings is 1. The molecule has 0 radical (unpaired) electrons. The molecule has 1 saturated heterocycles. The van der Waals surface area contributed by atoms with Gasteiger partial charge in [-0.15, -0.1) is 0 Å². The Bertz CT molecular complexity index is 1080. The van der Waals surface area contributed by atoms with Gasteiger partial charge in [0.1, 0.15) is 5.75 Å². The first-order chi connectivity index (χ1) is 17.5. The summed E-state index contributed by atoms with van der Waals surface area (Å²) in [6.07, 6.45) is 1.64. The molecule has 0 unspecified atom stereocenters. The monoisotopic (exact) mass is 495 g/mol. The van der Waals surface area contributed by atoms with Crippen molar-refractivity contribution in [2.24, 2.45) is 0 Å². The van der Waals surface area contributed by atoms with Gasteiger partial charge in [-0.2, -0.15) is 0 Å². The van der Waals surface area contributed by atoms with E-state index in [9.17, 15) is 14.4 Å². The van der Waals surface area contributed by atoms with Gasteiger partial charge in [0, 0.05) is 43.1 Å². The van der Waals surface area contributed by atoms with Gasteiger partial charge < -0.3 is 28.9 Å².